The third-order valence-corrected chi connectivity index (χ3v) is 3.49. The fraction of sp³-hybridized carbons (Fsp3) is 1.00. The van der Waals surface area contributed by atoms with E-state index < -0.39 is 13.9 Å². The lowest BCUT2D eigenvalue weighted by molar-refractivity contribution is -0.709. The number of phosphoric ester groups is 1. The first-order valence-corrected chi connectivity index (χ1v) is 9.47. The van der Waals surface area contributed by atoms with Crippen molar-refractivity contribution in [3.8, 4) is 0 Å². The zero-order chi connectivity index (χ0) is 17.4. The van der Waals surface area contributed by atoms with Gasteiger partial charge >= 0.3 is 7.82 Å². The summed E-state index contributed by atoms with van der Waals surface area (Å²) in [6.45, 7) is 3.70. The Morgan fingerprint density at radius 1 is 0.870 bits per heavy atom. The highest BCUT2D eigenvalue weighted by molar-refractivity contribution is 7.46. The smallest absolute Gasteiger partial charge is 0.303 e. The van der Waals surface area contributed by atoms with Crippen molar-refractivity contribution in [2.45, 2.75) is 71.3 Å². The first kappa shape index (κ1) is 22.9. The molecule has 0 fully saturated rings. The zero-order valence-corrected chi connectivity index (χ0v) is 14.7. The molecule has 10 heteroatoms. The molecule has 0 spiro atoms. The standard InChI is InChI=1S/C13H29O9P/c1-3-4-5-6-7-8-9-10-11-17-20-22-21-18-12-13(2)19-23(14,15)16/h13H,3-12H2,1-2H3,(H2,14,15,16). The van der Waals surface area contributed by atoms with E-state index in [0.717, 1.165) is 12.8 Å². The van der Waals surface area contributed by atoms with Crippen LogP contribution in [-0.4, -0.2) is 29.1 Å². The molecule has 0 aromatic heterocycles. The van der Waals surface area contributed by atoms with E-state index in [4.69, 9.17) is 9.79 Å². The van der Waals surface area contributed by atoms with E-state index in [1.54, 1.807) is 0 Å². The predicted molar refractivity (Wildman–Crippen MR) is 80.4 cm³/mol. The van der Waals surface area contributed by atoms with Gasteiger partial charge in [0.1, 0.15) is 6.61 Å². The van der Waals surface area contributed by atoms with Crippen LogP contribution in [0, 0.1) is 0 Å². The first-order chi connectivity index (χ1) is 11.0. The van der Waals surface area contributed by atoms with Gasteiger partial charge in [-0.05, 0) is 28.5 Å². The summed E-state index contributed by atoms with van der Waals surface area (Å²) < 4.78 is 14.8. The van der Waals surface area contributed by atoms with Crippen LogP contribution >= 0.6 is 7.82 Å². The Morgan fingerprint density at radius 3 is 2.04 bits per heavy atom. The van der Waals surface area contributed by atoms with Gasteiger partial charge < -0.3 is 9.79 Å². The number of unbranched alkanes of at least 4 members (excludes halogenated alkanes) is 7. The quantitative estimate of drug-likeness (QED) is 0.174. The highest BCUT2D eigenvalue weighted by atomic mass is 31.2. The van der Waals surface area contributed by atoms with Gasteiger partial charge in [-0.1, -0.05) is 51.9 Å². The number of hydrogen-bond acceptors (Lipinski definition) is 7. The second kappa shape index (κ2) is 15.4. The van der Waals surface area contributed by atoms with Gasteiger partial charge in [-0.15, -0.1) is 0 Å². The Bertz CT molecular complexity index is 297. The van der Waals surface area contributed by atoms with Gasteiger partial charge in [0.2, 0.25) is 0 Å². The molecule has 9 nitrogen and oxygen atoms in total. The average Bonchev–Trinajstić information content (AvgIpc) is 2.46. The minimum absolute atomic E-state index is 0.257. The Labute approximate surface area is 137 Å². The molecule has 0 aromatic carbocycles. The Kier molecular flexibility index (Phi) is 15.4. The second-order valence-corrected chi connectivity index (χ2v) is 6.38. The Balaban J connectivity index is 3.15. The molecule has 0 aromatic rings. The zero-order valence-electron chi connectivity index (χ0n) is 13.8. The molecule has 0 amide bonds. The molecule has 0 bridgehead atoms. The summed E-state index contributed by atoms with van der Waals surface area (Å²) in [6, 6.07) is 0. The molecule has 0 heterocycles. The molecule has 1 atom stereocenters. The van der Waals surface area contributed by atoms with Crippen LogP contribution in [-0.2, 0) is 34.0 Å². The molecule has 2 N–H and O–H groups in total. The van der Waals surface area contributed by atoms with Crippen LogP contribution in [0.2, 0.25) is 0 Å². The summed E-state index contributed by atoms with van der Waals surface area (Å²) in [5.74, 6) is 0. The lowest BCUT2D eigenvalue weighted by atomic mass is 10.1. The van der Waals surface area contributed by atoms with Crippen molar-refractivity contribution < 1.29 is 43.8 Å². The highest BCUT2D eigenvalue weighted by Gasteiger charge is 2.19. The van der Waals surface area contributed by atoms with Gasteiger partial charge in [0.05, 0.1) is 12.7 Å². The molecule has 0 aliphatic carbocycles. The molecule has 140 valence electrons. The molecule has 0 rings (SSSR count). The number of rotatable bonds is 17. The average molecular weight is 360 g/mol. The van der Waals surface area contributed by atoms with Crippen molar-refractivity contribution in [1.82, 2.24) is 0 Å². The van der Waals surface area contributed by atoms with E-state index in [-0.39, 0.29) is 6.61 Å². The summed E-state index contributed by atoms with van der Waals surface area (Å²) in [7, 11) is -4.54. The normalized spacial score (nSPS) is 13.4. The largest absolute Gasteiger partial charge is 0.469 e. The van der Waals surface area contributed by atoms with E-state index in [9.17, 15) is 4.57 Å². The van der Waals surface area contributed by atoms with E-state index >= 15 is 0 Å². The molecular weight excluding hydrogens is 331 g/mol. The van der Waals surface area contributed by atoms with Crippen molar-refractivity contribution in [2.75, 3.05) is 13.2 Å². The van der Waals surface area contributed by atoms with Crippen LogP contribution in [0.1, 0.15) is 65.2 Å². The minimum Gasteiger partial charge on any atom is -0.303 e. The topological polar surface area (TPSA) is 113 Å². The summed E-state index contributed by atoms with van der Waals surface area (Å²) in [5, 5.41) is 12.4. The minimum atomic E-state index is -4.54. The van der Waals surface area contributed by atoms with Crippen LogP contribution in [0.4, 0.5) is 0 Å². The van der Waals surface area contributed by atoms with Crippen LogP contribution < -0.4 is 0 Å². The molecule has 0 saturated carbocycles. The fourth-order valence-corrected chi connectivity index (χ4v) is 2.30. The summed E-state index contributed by atoms with van der Waals surface area (Å²) in [4.78, 5) is 26.2. The van der Waals surface area contributed by atoms with Gasteiger partial charge in [0.15, 0.2) is 0 Å². The maximum atomic E-state index is 10.5. The second-order valence-electron chi connectivity index (χ2n) is 5.19. The predicted octanol–water partition coefficient (Wildman–Crippen LogP) is 3.37. The lowest BCUT2D eigenvalue weighted by Gasteiger charge is -2.11. The Morgan fingerprint density at radius 2 is 1.43 bits per heavy atom. The van der Waals surface area contributed by atoms with Gasteiger partial charge in [-0.25, -0.2) is 14.3 Å². The van der Waals surface area contributed by atoms with Crippen molar-refractivity contribution in [3.63, 3.8) is 0 Å². The molecule has 0 radical (unpaired) electrons. The first-order valence-electron chi connectivity index (χ1n) is 7.94. The molecule has 1 unspecified atom stereocenters. The third kappa shape index (κ3) is 19.9. The van der Waals surface area contributed by atoms with Crippen LogP contribution in [0.5, 0.6) is 0 Å². The van der Waals surface area contributed by atoms with Crippen LogP contribution in [0.15, 0.2) is 0 Å². The van der Waals surface area contributed by atoms with Gasteiger partial charge in [0.25, 0.3) is 0 Å². The highest BCUT2D eigenvalue weighted by Crippen LogP contribution is 2.37. The maximum Gasteiger partial charge on any atom is 0.469 e. The van der Waals surface area contributed by atoms with Gasteiger partial charge in [-0.3, -0.25) is 4.52 Å². The van der Waals surface area contributed by atoms with E-state index in [0.29, 0.717) is 6.61 Å². The molecule has 0 aliphatic heterocycles. The summed E-state index contributed by atoms with van der Waals surface area (Å²) in [6.07, 6.45) is 8.59. The monoisotopic (exact) mass is 360 g/mol. The van der Waals surface area contributed by atoms with E-state index in [1.807, 2.05) is 0 Å². The van der Waals surface area contributed by atoms with Gasteiger partial charge in [0, 0.05) is 0 Å². The van der Waals surface area contributed by atoms with Crippen molar-refractivity contribution in [2.24, 2.45) is 0 Å². The lowest BCUT2D eigenvalue weighted by Crippen LogP contribution is -2.15. The number of phosphoric acid groups is 1. The van der Waals surface area contributed by atoms with Crippen molar-refractivity contribution >= 4 is 7.82 Å². The Hall–Kier alpha value is -0.0900. The summed E-state index contributed by atoms with van der Waals surface area (Å²) >= 11 is 0. The molecule has 0 saturated heterocycles. The molecule has 0 aliphatic rings. The van der Waals surface area contributed by atoms with E-state index in [2.05, 4.69) is 36.3 Å². The van der Waals surface area contributed by atoms with Crippen molar-refractivity contribution in [1.29, 1.82) is 0 Å². The van der Waals surface area contributed by atoms with Gasteiger partial charge in [-0.2, -0.15) is 0 Å². The van der Waals surface area contributed by atoms with Crippen molar-refractivity contribution in [3.05, 3.63) is 0 Å². The molecular formula is C13H29O9P. The summed E-state index contributed by atoms with van der Waals surface area (Å²) in [5.41, 5.74) is 0. The number of hydrogen-bond donors (Lipinski definition) is 2. The molecule has 23 heavy (non-hydrogen) atoms. The van der Waals surface area contributed by atoms with Crippen LogP contribution in [0.3, 0.4) is 0 Å². The maximum absolute atomic E-state index is 10.5. The SMILES string of the molecule is CCCCCCCCCCOOOOOCC(C)OP(=O)(O)O. The fourth-order valence-electron chi connectivity index (χ4n) is 1.77. The van der Waals surface area contributed by atoms with E-state index in [1.165, 1.54) is 45.4 Å². The van der Waals surface area contributed by atoms with Crippen LogP contribution in [0.25, 0.3) is 0 Å². The third-order valence-electron chi connectivity index (χ3n) is 2.85.